The molecule has 2 aliphatic carbocycles. The summed E-state index contributed by atoms with van der Waals surface area (Å²) in [5, 5.41) is 0. The molecule has 2 N–H and O–H groups in total. The van der Waals surface area contributed by atoms with Crippen molar-refractivity contribution in [2.45, 2.75) is 69.8 Å². The second-order valence-electron chi connectivity index (χ2n) is 6.98. The van der Waals surface area contributed by atoms with Crippen LogP contribution in [0.3, 0.4) is 0 Å². The standard InChI is InChI=1S/C16H27NO2/c17-12-15(6-2-1-3-7-15)14(18)13-5-10-19-16(11-13)8-4-9-16/h13H,1-12,17H2. The summed E-state index contributed by atoms with van der Waals surface area (Å²) < 4.78 is 5.95. The molecule has 0 aromatic rings. The average Bonchev–Trinajstić information content (AvgIpc) is 2.45. The third kappa shape index (κ3) is 2.36. The third-order valence-electron chi connectivity index (χ3n) is 5.85. The van der Waals surface area contributed by atoms with Crippen LogP contribution in [0.25, 0.3) is 0 Å². The fourth-order valence-corrected chi connectivity index (χ4v) is 4.38. The molecule has 0 aromatic heterocycles. The summed E-state index contributed by atoms with van der Waals surface area (Å²) in [5.74, 6) is 0.694. The van der Waals surface area contributed by atoms with E-state index in [2.05, 4.69) is 0 Å². The van der Waals surface area contributed by atoms with Crippen molar-refractivity contribution in [3.63, 3.8) is 0 Å². The lowest BCUT2D eigenvalue weighted by Crippen LogP contribution is -2.51. The largest absolute Gasteiger partial charge is 0.375 e. The van der Waals surface area contributed by atoms with Crippen molar-refractivity contribution in [2.24, 2.45) is 17.1 Å². The van der Waals surface area contributed by atoms with Crippen LogP contribution in [0, 0.1) is 11.3 Å². The topological polar surface area (TPSA) is 52.3 Å². The SMILES string of the molecule is NCC1(C(=O)C2CCOC3(CCC3)C2)CCCCC1. The highest BCUT2D eigenvalue weighted by Gasteiger charge is 2.48. The Balaban J connectivity index is 1.71. The number of Topliss-reactive ketones (excluding diaryl/α,β-unsaturated/α-hetero) is 1. The highest BCUT2D eigenvalue weighted by Crippen LogP contribution is 2.47. The van der Waals surface area contributed by atoms with E-state index >= 15 is 0 Å². The molecule has 0 radical (unpaired) electrons. The third-order valence-corrected chi connectivity index (χ3v) is 5.85. The minimum absolute atomic E-state index is 0.0725. The lowest BCUT2D eigenvalue weighted by atomic mass is 9.63. The molecule has 0 amide bonds. The van der Waals surface area contributed by atoms with Crippen molar-refractivity contribution in [2.75, 3.05) is 13.2 Å². The van der Waals surface area contributed by atoms with Gasteiger partial charge in [0.05, 0.1) is 5.60 Å². The van der Waals surface area contributed by atoms with Gasteiger partial charge < -0.3 is 10.5 Å². The highest BCUT2D eigenvalue weighted by molar-refractivity contribution is 5.87. The average molecular weight is 265 g/mol. The number of ketones is 1. The van der Waals surface area contributed by atoms with Crippen LogP contribution in [-0.4, -0.2) is 24.5 Å². The van der Waals surface area contributed by atoms with Gasteiger partial charge in [-0.15, -0.1) is 0 Å². The van der Waals surface area contributed by atoms with E-state index in [1.165, 1.54) is 25.7 Å². The van der Waals surface area contributed by atoms with Crippen LogP contribution < -0.4 is 5.73 Å². The number of nitrogens with two attached hydrogens (primary N) is 1. The fourth-order valence-electron chi connectivity index (χ4n) is 4.38. The minimum Gasteiger partial charge on any atom is -0.375 e. The Bertz CT molecular complexity index is 343. The molecule has 19 heavy (non-hydrogen) atoms. The Kier molecular flexibility index (Phi) is 3.69. The smallest absolute Gasteiger partial charge is 0.143 e. The number of carbonyl (C=O) groups is 1. The summed E-state index contributed by atoms with van der Waals surface area (Å²) in [4.78, 5) is 13.0. The first kappa shape index (κ1) is 13.6. The maximum absolute atomic E-state index is 13.0. The molecule has 0 bridgehead atoms. The van der Waals surface area contributed by atoms with Crippen molar-refractivity contribution in [1.82, 2.24) is 0 Å². The molecule has 1 saturated heterocycles. The monoisotopic (exact) mass is 265 g/mol. The Hall–Kier alpha value is -0.410. The quantitative estimate of drug-likeness (QED) is 0.853. The van der Waals surface area contributed by atoms with Crippen molar-refractivity contribution >= 4 is 5.78 Å². The number of rotatable bonds is 3. The first-order valence-electron chi connectivity index (χ1n) is 8.08. The molecule has 1 spiro atoms. The van der Waals surface area contributed by atoms with Gasteiger partial charge in [-0.05, 0) is 44.9 Å². The molecule has 2 saturated carbocycles. The van der Waals surface area contributed by atoms with E-state index in [4.69, 9.17) is 10.5 Å². The second kappa shape index (κ2) is 5.17. The van der Waals surface area contributed by atoms with Gasteiger partial charge in [0.1, 0.15) is 5.78 Å². The van der Waals surface area contributed by atoms with Crippen molar-refractivity contribution < 1.29 is 9.53 Å². The van der Waals surface area contributed by atoms with Gasteiger partial charge in [0.15, 0.2) is 0 Å². The van der Waals surface area contributed by atoms with E-state index < -0.39 is 0 Å². The van der Waals surface area contributed by atoms with Gasteiger partial charge in [0.2, 0.25) is 0 Å². The number of hydrogen-bond donors (Lipinski definition) is 1. The first-order valence-corrected chi connectivity index (χ1v) is 8.08. The van der Waals surface area contributed by atoms with E-state index in [9.17, 15) is 4.79 Å². The number of carbonyl (C=O) groups excluding carboxylic acids is 1. The van der Waals surface area contributed by atoms with Gasteiger partial charge in [0.25, 0.3) is 0 Å². The Morgan fingerprint density at radius 2 is 1.84 bits per heavy atom. The molecule has 3 aliphatic rings. The molecule has 0 aromatic carbocycles. The van der Waals surface area contributed by atoms with Gasteiger partial charge in [-0.3, -0.25) is 4.79 Å². The number of ether oxygens (including phenoxy) is 1. The van der Waals surface area contributed by atoms with Gasteiger partial charge in [-0.25, -0.2) is 0 Å². The lowest BCUT2D eigenvalue weighted by Gasteiger charge is -2.48. The van der Waals surface area contributed by atoms with Crippen LogP contribution in [-0.2, 0) is 9.53 Å². The van der Waals surface area contributed by atoms with Crippen molar-refractivity contribution in [3.8, 4) is 0 Å². The molecular weight excluding hydrogens is 238 g/mol. The van der Waals surface area contributed by atoms with E-state index in [1.807, 2.05) is 0 Å². The predicted molar refractivity (Wildman–Crippen MR) is 74.8 cm³/mol. The Labute approximate surface area is 116 Å². The van der Waals surface area contributed by atoms with E-state index in [0.29, 0.717) is 12.3 Å². The minimum atomic E-state index is -0.189. The summed E-state index contributed by atoms with van der Waals surface area (Å²) in [6, 6.07) is 0. The summed E-state index contributed by atoms with van der Waals surface area (Å²) in [5.41, 5.74) is 5.89. The Morgan fingerprint density at radius 3 is 2.42 bits per heavy atom. The molecule has 1 aliphatic heterocycles. The van der Waals surface area contributed by atoms with E-state index in [-0.39, 0.29) is 16.9 Å². The zero-order chi connectivity index (χ0) is 13.3. The molecule has 1 atom stereocenters. The molecule has 108 valence electrons. The van der Waals surface area contributed by atoms with Gasteiger partial charge in [0, 0.05) is 24.5 Å². The van der Waals surface area contributed by atoms with Crippen LogP contribution >= 0.6 is 0 Å². The first-order chi connectivity index (χ1) is 9.20. The van der Waals surface area contributed by atoms with Gasteiger partial charge in [-0.1, -0.05) is 19.3 Å². The molecule has 3 rings (SSSR count). The molecule has 3 heteroatoms. The normalized spacial score (nSPS) is 32.8. The zero-order valence-electron chi connectivity index (χ0n) is 12.0. The van der Waals surface area contributed by atoms with Crippen LogP contribution in [0.2, 0.25) is 0 Å². The highest BCUT2D eigenvalue weighted by atomic mass is 16.5. The van der Waals surface area contributed by atoms with Crippen LogP contribution in [0.5, 0.6) is 0 Å². The van der Waals surface area contributed by atoms with Crippen LogP contribution in [0.1, 0.15) is 64.2 Å². The lowest BCUT2D eigenvalue weighted by molar-refractivity contribution is -0.162. The van der Waals surface area contributed by atoms with Gasteiger partial charge in [-0.2, -0.15) is 0 Å². The molecule has 1 unspecified atom stereocenters. The number of hydrogen-bond acceptors (Lipinski definition) is 3. The van der Waals surface area contributed by atoms with Gasteiger partial charge >= 0.3 is 0 Å². The molecule has 1 heterocycles. The van der Waals surface area contributed by atoms with Crippen LogP contribution in [0.15, 0.2) is 0 Å². The predicted octanol–water partition coefficient (Wildman–Crippen LogP) is 2.81. The van der Waals surface area contributed by atoms with Crippen molar-refractivity contribution in [3.05, 3.63) is 0 Å². The fraction of sp³-hybridized carbons (Fsp3) is 0.938. The summed E-state index contributed by atoms with van der Waals surface area (Å²) in [7, 11) is 0. The van der Waals surface area contributed by atoms with E-state index in [1.54, 1.807) is 0 Å². The Morgan fingerprint density at radius 1 is 1.11 bits per heavy atom. The van der Waals surface area contributed by atoms with Crippen LogP contribution in [0.4, 0.5) is 0 Å². The molecule has 3 nitrogen and oxygen atoms in total. The summed E-state index contributed by atoms with van der Waals surface area (Å²) >= 11 is 0. The second-order valence-corrected chi connectivity index (χ2v) is 6.98. The molecular formula is C16H27NO2. The maximum atomic E-state index is 13.0. The summed E-state index contributed by atoms with van der Waals surface area (Å²) in [6.07, 6.45) is 11.1. The molecule has 3 fully saturated rings. The zero-order valence-corrected chi connectivity index (χ0v) is 12.0. The summed E-state index contributed by atoms with van der Waals surface area (Å²) in [6.45, 7) is 1.33. The van der Waals surface area contributed by atoms with Crippen molar-refractivity contribution in [1.29, 1.82) is 0 Å². The van der Waals surface area contributed by atoms with E-state index in [0.717, 1.165) is 45.1 Å². The maximum Gasteiger partial charge on any atom is 0.143 e.